The summed E-state index contributed by atoms with van der Waals surface area (Å²) in [6, 6.07) is 7.57. The monoisotopic (exact) mass is 400 g/mol. The first-order chi connectivity index (χ1) is 11.5. The minimum atomic E-state index is -0.523. The molecule has 26 heavy (non-hydrogen) atoms. The van der Waals surface area contributed by atoms with Crippen LogP contribution >= 0.6 is 24.8 Å². The summed E-state index contributed by atoms with van der Waals surface area (Å²) in [5.41, 5.74) is 8.43. The Morgan fingerprint density at radius 2 is 1.92 bits per heavy atom. The highest BCUT2D eigenvalue weighted by Gasteiger charge is 2.36. The molecule has 4 N–H and O–H groups in total. The van der Waals surface area contributed by atoms with Crippen LogP contribution in [0.4, 0.5) is 0 Å². The summed E-state index contributed by atoms with van der Waals surface area (Å²) in [4.78, 5) is 18.0. The summed E-state index contributed by atoms with van der Waals surface area (Å²) in [7, 11) is 4.20. The number of nitrogens with zero attached hydrogens (tertiary/aromatic N) is 1. The standard InChI is InChI=1S/C19H28N4O.2ClH/c1-23(2)19(9-5-6-10-19)13-22-18(24)16(20)11-14-12-21-17-8-4-3-7-15(14)17;;/h3-4,7-8,12,16,21H,5-6,9-11,13,20H2,1-2H3,(H,22,24);2*1H/t16-;;/m0../s1. The van der Waals surface area contributed by atoms with Crippen LogP contribution in [-0.2, 0) is 11.2 Å². The summed E-state index contributed by atoms with van der Waals surface area (Å²) in [5.74, 6) is -0.0617. The number of aromatic nitrogens is 1. The summed E-state index contributed by atoms with van der Waals surface area (Å²) < 4.78 is 0. The summed E-state index contributed by atoms with van der Waals surface area (Å²) in [6.07, 6.45) is 7.24. The van der Waals surface area contributed by atoms with Crippen molar-refractivity contribution in [1.29, 1.82) is 0 Å². The fourth-order valence-electron chi connectivity index (χ4n) is 3.83. The number of aromatic amines is 1. The molecule has 5 nitrogen and oxygen atoms in total. The van der Waals surface area contributed by atoms with Crippen molar-refractivity contribution in [3.63, 3.8) is 0 Å². The highest BCUT2D eigenvalue weighted by molar-refractivity contribution is 5.86. The second-order valence-corrected chi connectivity index (χ2v) is 7.21. The molecule has 1 amide bonds. The maximum atomic E-state index is 12.5. The molecule has 0 bridgehead atoms. The van der Waals surface area contributed by atoms with Gasteiger partial charge in [0.25, 0.3) is 0 Å². The second-order valence-electron chi connectivity index (χ2n) is 7.21. The van der Waals surface area contributed by atoms with Gasteiger partial charge in [-0.05, 0) is 45.0 Å². The summed E-state index contributed by atoms with van der Waals surface area (Å²) in [6.45, 7) is 0.681. The number of likely N-dealkylation sites (N-methyl/N-ethyl adjacent to an activating group) is 1. The van der Waals surface area contributed by atoms with Crippen molar-refractivity contribution in [1.82, 2.24) is 15.2 Å². The SMILES string of the molecule is CN(C)C1(CNC(=O)[C@@H](N)Cc2c[nH]c3ccccc23)CCCC1.Cl.Cl. The number of carbonyl (C=O) groups excluding carboxylic acids is 1. The van der Waals surface area contributed by atoms with Crippen molar-refractivity contribution in [3.05, 3.63) is 36.0 Å². The van der Waals surface area contributed by atoms with E-state index in [0.717, 1.165) is 29.3 Å². The fraction of sp³-hybridized carbons (Fsp3) is 0.526. The molecule has 1 aromatic carbocycles. The predicted molar refractivity (Wildman–Crippen MR) is 112 cm³/mol. The lowest BCUT2D eigenvalue weighted by molar-refractivity contribution is -0.122. The van der Waals surface area contributed by atoms with Crippen LogP contribution in [0.15, 0.2) is 30.5 Å². The van der Waals surface area contributed by atoms with Crippen LogP contribution in [0, 0.1) is 0 Å². The predicted octanol–water partition coefficient (Wildman–Crippen LogP) is 2.87. The number of hydrogen-bond donors (Lipinski definition) is 3. The van der Waals surface area contributed by atoms with Crippen LogP contribution in [0.25, 0.3) is 10.9 Å². The maximum absolute atomic E-state index is 12.5. The van der Waals surface area contributed by atoms with Crippen molar-refractivity contribution in [3.8, 4) is 0 Å². The van der Waals surface area contributed by atoms with E-state index in [4.69, 9.17) is 5.73 Å². The zero-order chi connectivity index (χ0) is 17.2. The maximum Gasteiger partial charge on any atom is 0.237 e. The van der Waals surface area contributed by atoms with Gasteiger partial charge >= 0.3 is 0 Å². The third-order valence-corrected chi connectivity index (χ3v) is 5.53. The van der Waals surface area contributed by atoms with Crippen LogP contribution in [0.1, 0.15) is 31.2 Å². The Hall–Kier alpha value is -1.27. The molecule has 7 heteroatoms. The van der Waals surface area contributed by atoms with Gasteiger partial charge < -0.3 is 20.9 Å². The average Bonchev–Trinajstić information content (AvgIpc) is 3.21. The number of nitrogens with one attached hydrogen (secondary N) is 2. The van der Waals surface area contributed by atoms with Gasteiger partial charge in [-0.3, -0.25) is 4.79 Å². The molecule has 1 fully saturated rings. The Bertz CT molecular complexity index is 710. The second kappa shape index (κ2) is 9.60. The van der Waals surface area contributed by atoms with Crippen LogP contribution in [-0.4, -0.2) is 48.0 Å². The first-order valence-electron chi connectivity index (χ1n) is 8.77. The van der Waals surface area contributed by atoms with E-state index in [2.05, 4.69) is 35.4 Å². The van der Waals surface area contributed by atoms with E-state index in [1.807, 2.05) is 24.4 Å². The first kappa shape index (κ1) is 22.8. The molecule has 1 aliphatic carbocycles. The van der Waals surface area contributed by atoms with Gasteiger partial charge in [-0.1, -0.05) is 31.0 Å². The zero-order valence-electron chi connectivity index (χ0n) is 15.5. The number of rotatable bonds is 6. The Morgan fingerprint density at radius 3 is 2.58 bits per heavy atom. The molecular weight excluding hydrogens is 371 g/mol. The molecule has 146 valence electrons. The molecule has 1 aliphatic rings. The molecule has 1 atom stereocenters. The van der Waals surface area contributed by atoms with Gasteiger partial charge in [0.1, 0.15) is 0 Å². The molecular formula is C19H30Cl2N4O. The van der Waals surface area contributed by atoms with E-state index in [-0.39, 0.29) is 36.3 Å². The van der Waals surface area contributed by atoms with Crippen LogP contribution in [0.3, 0.4) is 0 Å². The van der Waals surface area contributed by atoms with Crippen LogP contribution in [0.5, 0.6) is 0 Å². The number of H-pyrrole nitrogens is 1. The van der Waals surface area contributed by atoms with Crippen molar-refractivity contribution in [2.45, 2.75) is 43.7 Å². The molecule has 0 radical (unpaired) electrons. The normalized spacial score (nSPS) is 16.8. The highest BCUT2D eigenvalue weighted by Crippen LogP contribution is 2.33. The fourth-order valence-corrected chi connectivity index (χ4v) is 3.83. The van der Waals surface area contributed by atoms with E-state index in [9.17, 15) is 4.79 Å². The third-order valence-electron chi connectivity index (χ3n) is 5.53. The Labute approximate surface area is 167 Å². The van der Waals surface area contributed by atoms with Gasteiger partial charge in [0, 0.05) is 29.2 Å². The molecule has 0 unspecified atom stereocenters. The van der Waals surface area contributed by atoms with Gasteiger partial charge in [-0.2, -0.15) is 0 Å². The topological polar surface area (TPSA) is 74.2 Å². The summed E-state index contributed by atoms with van der Waals surface area (Å²) in [5, 5.41) is 4.23. The van der Waals surface area contributed by atoms with Gasteiger partial charge in [0.05, 0.1) is 6.04 Å². The molecule has 0 aliphatic heterocycles. The quantitative estimate of drug-likeness (QED) is 0.697. The van der Waals surface area contributed by atoms with E-state index in [1.54, 1.807) is 0 Å². The number of carbonyl (C=O) groups is 1. The molecule has 1 saturated carbocycles. The number of benzene rings is 1. The molecule has 0 saturated heterocycles. The van der Waals surface area contributed by atoms with E-state index >= 15 is 0 Å². The van der Waals surface area contributed by atoms with Gasteiger partial charge in [-0.25, -0.2) is 0 Å². The number of nitrogens with two attached hydrogens (primary N) is 1. The third kappa shape index (κ3) is 4.71. The Kier molecular flexibility index (Phi) is 8.41. The van der Waals surface area contributed by atoms with Crippen LogP contribution in [0.2, 0.25) is 0 Å². The number of hydrogen-bond acceptors (Lipinski definition) is 3. The van der Waals surface area contributed by atoms with Gasteiger partial charge in [0.15, 0.2) is 0 Å². The number of amides is 1. The van der Waals surface area contributed by atoms with Crippen LogP contribution < -0.4 is 11.1 Å². The number of para-hydroxylation sites is 1. The summed E-state index contributed by atoms with van der Waals surface area (Å²) >= 11 is 0. The van der Waals surface area contributed by atoms with Crippen molar-refractivity contribution in [2.24, 2.45) is 5.73 Å². The molecule has 1 heterocycles. The van der Waals surface area contributed by atoms with Gasteiger partial charge in [0.2, 0.25) is 5.91 Å². The first-order valence-corrected chi connectivity index (χ1v) is 8.77. The molecule has 3 rings (SSSR count). The number of fused-ring (bicyclic) bond motifs is 1. The number of halogens is 2. The minimum absolute atomic E-state index is 0. The lowest BCUT2D eigenvalue weighted by atomic mass is 9.95. The van der Waals surface area contributed by atoms with E-state index < -0.39 is 6.04 Å². The van der Waals surface area contributed by atoms with E-state index in [1.165, 1.54) is 12.8 Å². The van der Waals surface area contributed by atoms with Crippen molar-refractivity contribution < 1.29 is 4.79 Å². The molecule has 2 aromatic rings. The minimum Gasteiger partial charge on any atom is -0.361 e. The Morgan fingerprint density at radius 1 is 1.27 bits per heavy atom. The van der Waals surface area contributed by atoms with Crippen molar-refractivity contribution in [2.75, 3.05) is 20.6 Å². The zero-order valence-corrected chi connectivity index (χ0v) is 17.1. The highest BCUT2D eigenvalue weighted by atomic mass is 35.5. The van der Waals surface area contributed by atoms with Crippen molar-refractivity contribution >= 4 is 41.6 Å². The lowest BCUT2D eigenvalue weighted by Crippen LogP contribution is -2.53. The van der Waals surface area contributed by atoms with E-state index in [0.29, 0.717) is 13.0 Å². The Balaban J connectivity index is 0.00000169. The smallest absolute Gasteiger partial charge is 0.237 e. The molecule has 1 aromatic heterocycles. The van der Waals surface area contributed by atoms with Gasteiger partial charge in [-0.15, -0.1) is 24.8 Å². The lowest BCUT2D eigenvalue weighted by Gasteiger charge is -2.36. The molecule has 0 spiro atoms. The largest absolute Gasteiger partial charge is 0.361 e. The average molecular weight is 401 g/mol.